The van der Waals surface area contributed by atoms with Crippen LogP contribution in [0.1, 0.15) is 126 Å². The smallest absolute Gasteiger partial charge is 0.318 e. The standard InChI is InChI=1S/C35H72N4O6S2/c1-10-42-46(8,43-11-2)28-38(31-20-16-14-17-21-31)33(40)36-25-24-35(6,7)26-30(5)27-37-34(41)39(32-22-18-15-19-23-32)29-47(9,44-12-3)45-13-4/h30-32H,10-29H2,1-9H3,(H,36,40)(H,37,41). The second-order valence-corrected chi connectivity index (χ2v) is 19.6. The normalized spacial score (nSPS) is 18.4. The third-order valence-corrected chi connectivity index (χ3v) is 13.8. The van der Waals surface area contributed by atoms with Gasteiger partial charge in [-0.1, -0.05) is 59.3 Å². The molecule has 0 heterocycles. The van der Waals surface area contributed by atoms with Crippen molar-refractivity contribution in [1.82, 2.24) is 20.4 Å². The molecule has 4 amide bonds. The number of rotatable bonds is 21. The lowest BCUT2D eigenvalue weighted by atomic mass is 9.80. The van der Waals surface area contributed by atoms with Gasteiger partial charge in [0.15, 0.2) is 0 Å². The van der Waals surface area contributed by atoms with E-state index in [1.165, 1.54) is 12.8 Å². The van der Waals surface area contributed by atoms with Crippen LogP contribution in [0.5, 0.6) is 0 Å². The molecule has 0 aromatic heterocycles. The van der Waals surface area contributed by atoms with Crippen LogP contribution in [0.25, 0.3) is 0 Å². The predicted octanol–water partition coefficient (Wildman–Crippen LogP) is 8.71. The molecule has 280 valence electrons. The molecule has 2 aliphatic rings. The molecule has 2 aliphatic carbocycles. The highest BCUT2D eigenvalue weighted by Gasteiger charge is 2.33. The first kappa shape index (κ1) is 42.2. The zero-order chi connectivity index (χ0) is 34.9. The molecule has 0 radical (unpaired) electrons. The van der Waals surface area contributed by atoms with Gasteiger partial charge >= 0.3 is 12.1 Å². The Kier molecular flexibility index (Phi) is 19.2. The van der Waals surface area contributed by atoms with Crippen LogP contribution in [0.3, 0.4) is 0 Å². The lowest BCUT2D eigenvalue weighted by molar-refractivity contribution is 0.157. The fourth-order valence-corrected chi connectivity index (χ4v) is 11.4. The van der Waals surface area contributed by atoms with E-state index in [1.54, 1.807) is 0 Å². The van der Waals surface area contributed by atoms with E-state index in [2.05, 4.69) is 31.4 Å². The van der Waals surface area contributed by atoms with Crippen LogP contribution < -0.4 is 10.6 Å². The Hall–Kier alpha value is -0.920. The first-order valence-electron chi connectivity index (χ1n) is 18.5. The number of carbonyl (C=O) groups is 2. The summed E-state index contributed by atoms with van der Waals surface area (Å²) in [5.41, 5.74) is -0.000784. The second-order valence-electron chi connectivity index (χ2n) is 14.4. The highest BCUT2D eigenvalue weighted by Crippen LogP contribution is 2.49. The lowest BCUT2D eigenvalue weighted by Gasteiger charge is -2.45. The van der Waals surface area contributed by atoms with Crippen molar-refractivity contribution in [2.24, 2.45) is 11.3 Å². The van der Waals surface area contributed by atoms with E-state index < -0.39 is 21.2 Å². The van der Waals surface area contributed by atoms with Gasteiger partial charge in [-0.2, -0.15) is 21.2 Å². The molecule has 2 rings (SSSR count). The van der Waals surface area contributed by atoms with Crippen molar-refractivity contribution in [2.45, 2.75) is 138 Å². The number of carbonyl (C=O) groups excluding carboxylic acids is 2. The first-order chi connectivity index (χ1) is 22.3. The average molecular weight is 709 g/mol. The van der Waals surface area contributed by atoms with E-state index >= 15 is 0 Å². The van der Waals surface area contributed by atoms with Gasteiger partial charge in [-0.25, -0.2) is 9.59 Å². The quantitative estimate of drug-likeness (QED) is 0.124. The summed E-state index contributed by atoms with van der Waals surface area (Å²) in [6.45, 7) is 18.1. The van der Waals surface area contributed by atoms with E-state index in [9.17, 15) is 9.59 Å². The molecule has 1 atom stereocenters. The van der Waals surface area contributed by atoms with E-state index in [0.29, 0.717) is 51.3 Å². The van der Waals surface area contributed by atoms with Crippen molar-refractivity contribution in [3.8, 4) is 0 Å². The summed E-state index contributed by atoms with van der Waals surface area (Å²) in [4.78, 5) is 31.3. The number of hydrogen-bond donors (Lipinski definition) is 2. The van der Waals surface area contributed by atoms with Crippen LogP contribution in [-0.2, 0) is 16.7 Å². The molecule has 12 heteroatoms. The summed E-state index contributed by atoms with van der Waals surface area (Å²) >= 11 is 0. The van der Waals surface area contributed by atoms with Crippen LogP contribution in [0.2, 0.25) is 0 Å². The van der Waals surface area contributed by atoms with Crippen LogP contribution in [0, 0.1) is 11.3 Å². The summed E-state index contributed by atoms with van der Waals surface area (Å²) in [6, 6.07) is 0.426. The Morgan fingerprint density at radius 3 is 1.47 bits per heavy atom. The van der Waals surface area contributed by atoms with Gasteiger partial charge in [-0.3, -0.25) is 16.7 Å². The maximum absolute atomic E-state index is 13.7. The fourth-order valence-electron chi connectivity index (χ4n) is 7.25. The molecule has 0 aromatic rings. The lowest BCUT2D eigenvalue weighted by Crippen LogP contribution is -2.49. The molecule has 0 aromatic carbocycles. The van der Waals surface area contributed by atoms with Gasteiger partial charge < -0.3 is 20.4 Å². The van der Waals surface area contributed by atoms with Crippen LogP contribution in [-0.4, -0.2) is 97.7 Å². The zero-order valence-electron chi connectivity index (χ0n) is 31.5. The molecule has 2 fully saturated rings. The third-order valence-electron chi connectivity index (χ3n) is 9.35. The monoisotopic (exact) mass is 708 g/mol. The summed E-state index contributed by atoms with van der Waals surface area (Å²) in [7, 11) is -3.66. The summed E-state index contributed by atoms with van der Waals surface area (Å²) in [6.07, 6.45) is 17.1. The number of urea groups is 2. The summed E-state index contributed by atoms with van der Waals surface area (Å²) in [5.74, 6) is 1.29. The zero-order valence-corrected chi connectivity index (χ0v) is 33.2. The van der Waals surface area contributed by atoms with Crippen LogP contribution >= 0.6 is 21.2 Å². The van der Waals surface area contributed by atoms with Gasteiger partial charge in [0, 0.05) is 37.7 Å². The SMILES string of the molecule is CCOS(C)(CN(C(=O)NCCC(C)(C)CC(C)CNC(=O)N(CS(C)(OCC)OCC)C1CCCCC1)C1CCCCC1)OCC. The van der Waals surface area contributed by atoms with Crippen LogP contribution in [0.4, 0.5) is 9.59 Å². The maximum atomic E-state index is 13.7. The Balaban J connectivity index is 1.95. The Morgan fingerprint density at radius 1 is 0.702 bits per heavy atom. The van der Waals surface area contributed by atoms with Gasteiger partial charge in [0.25, 0.3) is 0 Å². The van der Waals surface area contributed by atoms with Gasteiger partial charge in [0.2, 0.25) is 0 Å². The predicted molar refractivity (Wildman–Crippen MR) is 200 cm³/mol. The Bertz CT molecular complexity index is 889. The minimum absolute atomic E-state index is 0.000784. The number of amides is 4. The minimum atomic E-state index is -1.83. The molecule has 10 nitrogen and oxygen atoms in total. The molecule has 47 heavy (non-hydrogen) atoms. The maximum Gasteiger partial charge on any atom is 0.318 e. The van der Waals surface area contributed by atoms with Crippen molar-refractivity contribution in [3.63, 3.8) is 0 Å². The van der Waals surface area contributed by atoms with Gasteiger partial charge in [-0.15, -0.1) is 0 Å². The fraction of sp³-hybridized carbons (Fsp3) is 0.943. The van der Waals surface area contributed by atoms with E-state index in [4.69, 9.17) is 16.7 Å². The molecular formula is C35H72N4O6S2. The molecule has 0 spiro atoms. The average Bonchev–Trinajstić information content (AvgIpc) is 3.02. The van der Waals surface area contributed by atoms with Gasteiger partial charge in [0.1, 0.15) is 11.8 Å². The molecule has 0 saturated heterocycles. The molecule has 1 unspecified atom stereocenters. The summed E-state index contributed by atoms with van der Waals surface area (Å²) in [5, 5.41) is 6.52. The third kappa shape index (κ3) is 15.2. The molecule has 0 aliphatic heterocycles. The van der Waals surface area contributed by atoms with Gasteiger partial charge in [-0.05, 0) is 77.6 Å². The van der Waals surface area contributed by atoms with Crippen molar-refractivity contribution >= 4 is 33.2 Å². The topological polar surface area (TPSA) is 102 Å². The van der Waals surface area contributed by atoms with Gasteiger partial charge in [0.05, 0.1) is 26.4 Å². The molecule has 2 saturated carbocycles. The largest absolute Gasteiger partial charge is 0.338 e. The Morgan fingerprint density at radius 2 is 1.09 bits per heavy atom. The first-order valence-corrected chi connectivity index (χ1v) is 22.6. The molecule has 0 bridgehead atoms. The number of hydrogen-bond acceptors (Lipinski definition) is 6. The van der Waals surface area contributed by atoms with Crippen molar-refractivity contribution in [2.75, 3.05) is 63.8 Å². The van der Waals surface area contributed by atoms with Crippen molar-refractivity contribution in [1.29, 1.82) is 0 Å². The van der Waals surface area contributed by atoms with E-state index in [1.807, 2.05) is 50.0 Å². The number of nitrogens with one attached hydrogen (secondary N) is 2. The van der Waals surface area contributed by atoms with Crippen LogP contribution in [0.15, 0.2) is 0 Å². The summed E-state index contributed by atoms with van der Waals surface area (Å²) < 4.78 is 24.3. The number of nitrogens with zero attached hydrogens (tertiary/aromatic N) is 2. The minimum Gasteiger partial charge on any atom is -0.338 e. The van der Waals surface area contributed by atoms with Crippen molar-refractivity contribution in [3.05, 3.63) is 0 Å². The van der Waals surface area contributed by atoms with E-state index in [-0.39, 0.29) is 35.5 Å². The van der Waals surface area contributed by atoms with Crippen molar-refractivity contribution < 1.29 is 26.3 Å². The highest BCUT2D eigenvalue weighted by molar-refractivity contribution is 8.25. The Labute approximate surface area is 291 Å². The second kappa shape index (κ2) is 21.3. The highest BCUT2D eigenvalue weighted by atomic mass is 32.3. The molecular weight excluding hydrogens is 637 g/mol. The van der Waals surface area contributed by atoms with E-state index in [0.717, 1.165) is 64.2 Å². The molecule has 2 N–H and O–H groups in total.